The lowest BCUT2D eigenvalue weighted by molar-refractivity contribution is 0.256. The van der Waals surface area contributed by atoms with Crippen molar-refractivity contribution < 1.29 is 31.1 Å². The number of fused-ring (bicyclic) bond motifs is 1. The third-order valence-electron chi connectivity index (χ3n) is 4.08. The Balaban J connectivity index is 2.38. The number of nitrogens with zero attached hydrogens (tertiary/aromatic N) is 5. The van der Waals surface area contributed by atoms with E-state index in [9.17, 15) is 21.6 Å². The topological polar surface area (TPSA) is 176 Å². The zero-order valence-electron chi connectivity index (χ0n) is 16.6. The van der Waals surface area contributed by atoms with Crippen molar-refractivity contribution in [3.05, 3.63) is 30.5 Å². The summed E-state index contributed by atoms with van der Waals surface area (Å²) in [5.41, 5.74) is 5.38. The lowest BCUT2D eigenvalue weighted by atomic mass is 10.5. The fourth-order valence-electron chi connectivity index (χ4n) is 2.63. The number of rotatable bonds is 7. The number of primary amides is 1. The molecule has 3 aromatic rings. The number of methoxy groups -OCH3 is 2. The minimum atomic E-state index is -4.97. The van der Waals surface area contributed by atoms with Crippen molar-refractivity contribution in [3.63, 3.8) is 0 Å². The van der Waals surface area contributed by atoms with Crippen LogP contribution < -0.4 is 19.5 Å². The van der Waals surface area contributed by atoms with E-state index < -0.39 is 47.6 Å². The molecule has 0 spiro atoms. The van der Waals surface area contributed by atoms with Gasteiger partial charge in [0.1, 0.15) is 5.65 Å². The average Bonchev–Trinajstić information content (AvgIpc) is 3.14. The summed E-state index contributed by atoms with van der Waals surface area (Å²) in [6.07, 6.45) is 1.29. The van der Waals surface area contributed by atoms with Gasteiger partial charge in [-0.3, -0.25) is 4.40 Å². The van der Waals surface area contributed by atoms with Crippen LogP contribution in [0.25, 0.3) is 5.65 Å². The van der Waals surface area contributed by atoms with E-state index in [0.717, 1.165) is 4.40 Å². The Bertz CT molecular complexity index is 1350. The van der Waals surface area contributed by atoms with Gasteiger partial charge in [0.2, 0.25) is 11.8 Å². The number of imidazole rings is 1. The minimum Gasteiger partial charge on any atom is -0.481 e. The van der Waals surface area contributed by atoms with E-state index in [1.54, 1.807) is 6.07 Å². The van der Waals surface area contributed by atoms with Gasteiger partial charge in [0.25, 0.3) is 16.0 Å². The van der Waals surface area contributed by atoms with Gasteiger partial charge in [-0.25, -0.2) is 18.2 Å². The number of sulfonamides is 1. The Morgan fingerprint density at radius 3 is 2.23 bits per heavy atom. The van der Waals surface area contributed by atoms with Crippen LogP contribution in [0.2, 0.25) is 0 Å². The molecule has 0 atom stereocenters. The van der Waals surface area contributed by atoms with Crippen LogP contribution in [0.3, 0.4) is 0 Å². The maximum Gasteiger partial charge on any atom is 0.336 e. The molecule has 0 aliphatic heterocycles. The van der Waals surface area contributed by atoms with Gasteiger partial charge >= 0.3 is 6.03 Å². The average molecular weight is 470 g/mol. The van der Waals surface area contributed by atoms with E-state index in [1.807, 2.05) is 0 Å². The number of pyridine rings is 1. The molecule has 3 rings (SSSR count). The van der Waals surface area contributed by atoms with E-state index in [2.05, 4.69) is 15.0 Å². The highest BCUT2D eigenvalue weighted by Crippen LogP contribution is 2.30. The smallest absolute Gasteiger partial charge is 0.336 e. The summed E-state index contributed by atoms with van der Waals surface area (Å²) in [6, 6.07) is 4.18. The molecule has 0 radical (unpaired) electrons. The molecular formula is C16H18N6O7S2. The summed E-state index contributed by atoms with van der Waals surface area (Å²) < 4.78 is 63.4. The second-order valence-electron chi connectivity index (χ2n) is 5.91. The zero-order valence-corrected chi connectivity index (χ0v) is 18.2. The first-order valence-corrected chi connectivity index (χ1v) is 11.7. The third-order valence-corrected chi connectivity index (χ3v) is 7.55. The van der Waals surface area contributed by atoms with Crippen molar-refractivity contribution in [2.24, 2.45) is 5.73 Å². The molecule has 0 aliphatic rings. The van der Waals surface area contributed by atoms with Crippen LogP contribution in [0.15, 0.2) is 40.5 Å². The quantitative estimate of drug-likeness (QED) is 0.502. The summed E-state index contributed by atoms with van der Waals surface area (Å²) >= 11 is 0. The molecule has 0 fully saturated rings. The van der Waals surface area contributed by atoms with Crippen molar-refractivity contribution in [2.45, 2.75) is 17.0 Å². The highest BCUT2D eigenvalue weighted by atomic mass is 32.2. The van der Waals surface area contributed by atoms with Crippen LogP contribution in [0.5, 0.6) is 11.8 Å². The molecule has 15 heteroatoms. The summed E-state index contributed by atoms with van der Waals surface area (Å²) in [5.74, 6) is -1.38. The predicted octanol–water partition coefficient (Wildman–Crippen LogP) is 0.209. The van der Waals surface area contributed by atoms with Gasteiger partial charge in [-0.2, -0.15) is 18.4 Å². The second kappa shape index (κ2) is 7.99. The highest BCUT2D eigenvalue weighted by Gasteiger charge is 2.40. The molecular weight excluding hydrogens is 452 g/mol. The molecule has 166 valence electrons. The van der Waals surface area contributed by atoms with E-state index >= 15 is 0 Å². The first kappa shape index (κ1) is 22.2. The number of carbonyl (C=O) groups excluding carboxylic acids is 1. The molecule has 0 bridgehead atoms. The number of amides is 2. The number of aromatic nitrogens is 4. The molecule has 3 aromatic heterocycles. The SMILES string of the molecule is CCS(=O)(=O)c1nc2ccccn2c1S(=O)(=O)N(C(N)=O)c1nc(OC)cc(OC)n1. The van der Waals surface area contributed by atoms with Gasteiger partial charge in [-0.1, -0.05) is 13.0 Å². The number of ether oxygens (including phenoxy) is 2. The lowest BCUT2D eigenvalue weighted by Gasteiger charge is -2.19. The largest absolute Gasteiger partial charge is 0.481 e. The molecule has 2 N–H and O–H groups in total. The molecule has 31 heavy (non-hydrogen) atoms. The maximum atomic E-state index is 13.6. The Morgan fingerprint density at radius 2 is 1.71 bits per heavy atom. The maximum absolute atomic E-state index is 13.6. The van der Waals surface area contributed by atoms with Crippen molar-refractivity contribution in [1.29, 1.82) is 0 Å². The number of urea groups is 1. The van der Waals surface area contributed by atoms with Gasteiger partial charge in [0, 0.05) is 6.20 Å². The van der Waals surface area contributed by atoms with Crippen molar-refractivity contribution in [2.75, 3.05) is 24.3 Å². The molecule has 0 unspecified atom stereocenters. The molecule has 3 heterocycles. The minimum absolute atomic E-state index is 0.0293. The van der Waals surface area contributed by atoms with Crippen LogP contribution in [0.1, 0.15) is 6.92 Å². The molecule has 0 aliphatic carbocycles. The van der Waals surface area contributed by atoms with Crippen LogP contribution >= 0.6 is 0 Å². The number of anilines is 1. The predicted molar refractivity (Wildman–Crippen MR) is 107 cm³/mol. The zero-order chi connectivity index (χ0) is 23.0. The van der Waals surface area contributed by atoms with E-state index in [1.165, 1.54) is 45.5 Å². The summed E-state index contributed by atoms with van der Waals surface area (Å²) in [5, 5.41) is -1.52. The lowest BCUT2D eigenvalue weighted by Crippen LogP contribution is -2.42. The van der Waals surface area contributed by atoms with Gasteiger partial charge in [-0.15, -0.1) is 4.31 Å². The van der Waals surface area contributed by atoms with Crippen LogP contribution in [0, 0.1) is 0 Å². The highest BCUT2D eigenvalue weighted by molar-refractivity contribution is 7.95. The van der Waals surface area contributed by atoms with Gasteiger partial charge < -0.3 is 15.2 Å². The van der Waals surface area contributed by atoms with Gasteiger partial charge in [-0.05, 0) is 12.1 Å². The fourth-order valence-corrected chi connectivity index (χ4v) is 5.57. The van der Waals surface area contributed by atoms with Crippen LogP contribution in [-0.4, -0.2) is 62.2 Å². The third kappa shape index (κ3) is 3.84. The molecule has 0 aromatic carbocycles. The van der Waals surface area contributed by atoms with Crippen LogP contribution in [-0.2, 0) is 19.9 Å². The molecule has 0 saturated heterocycles. The number of hydrogen-bond donors (Lipinski definition) is 1. The summed E-state index contributed by atoms with van der Waals surface area (Å²) in [4.78, 5) is 23.9. The second-order valence-corrected chi connectivity index (χ2v) is 9.81. The number of sulfone groups is 1. The van der Waals surface area contributed by atoms with E-state index in [4.69, 9.17) is 15.2 Å². The number of carbonyl (C=O) groups is 1. The Kier molecular flexibility index (Phi) is 5.73. The van der Waals surface area contributed by atoms with Crippen molar-refractivity contribution in [3.8, 4) is 11.8 Å². The summed E-state index contributed by atoms with van der Waals surface area (Å²) in [7, 11) is -6.58. The summed E-state index contributed by atoms with van der Waals surface area (Å²) in [6.45, 7) is 1.33. The molecule has 13 nitrogen and oxygen atoms in total. The molecule has 2 amide bonds. The van der Waals surface area contributed by atoms with Crippen LogP contribution in [0.4, 0.5) is 10.7 Å². The Labute approximate surface area is 177 Å². The van der Waals surface area contributed by atoms with Gasteiger partial charge in [0.05, 0.1) is 26.0 Å². The normalized spacial score (nSPS) is 12.0. The van der Waals surface area contributed by atoms with E-state index in [0.29, 0.717) is 0 Å². The van der Waals surface area contributed by atoms with Crippen molar-refractivity contribution in [1.82, 2.24) is 19.4 Å². The van der Waals surface area contributed by atoms with Crippen molar-refractivity contribution >= 4 is 37.5 Å². The first-order chi connectivity index (χ1) is 14.6. The first-order valence-electron chi connectivity index (χ1n) is 8.58. The Hall–Kier alpha value is -3.46. The monoisotopic (exact) mass is 470 g/mol. The fraction of sp³-hybridized carbons (Fsp3) is 0.250. The Morgan fingerprint density at radius 1 is 1.10 bits per heavy atom. The standard InChI is InChI=1S/C16H18N6O7S2/c1-4-30(24,25)13-14(21-8-6-5-7-10(21)18-13)31(26,27)22(15(17)23)16-19-11(28-2)9-12(20-16)29-3/h5-9H,4H2,1-3H3,(H2,17,23). The number of hydrogen-bond acceptors (Lipinski definition) is 10. The molecule has 0 saturated carbocycles. The number of nitrogens with two attached hydrogens (primary N) is 1. The van der Waals surface area contributed by atoms with Gasteiger partial charge in [0.15, 0.2) is 19.9 Å². The van der Waals surface area contributed by atoms with E-state index in [-0.39, 0.29) is 21.7 Å².